The molecular weight excluding hydrogens is 206 g/mol. The number of likely N-dealkylation sites (N-methyl/N-ethyl adjacent to an activating group) is 1. The predicted molar refractivity (Wildman–Crippen MR) is 57.6 cm³/mol. The molecule has 1 aliphatic carbocycles. The minimum Gasteiger partial charge on any atom is -0.359 e. The summed E-state index contributed by atoms with van der Waals surface area (Å²) in [5.41, 5.74) is 0. The SMILES string of the molecule is CNC(=O)Cc1noc(C[C@@H]2C=CCC2)n1. The minimum atomic E-state index is -0.104. The monoisotopic (exact) mass is 221 g/mol. The largest absolute Gasteiger partial charge is 0.359 e. The van der Waals surface area contributed by atoms with Gasteiger partial charge in [-0.3, -0.25) is 4.79 Å². The van der Waals surface area contributed by atoms with Gasteiger partial charge in [-0.25, -0.2) is 0 Å². The van der Waals surface area contributed by atoms with Gasteiger partial charge in [0.2, 0.25) is 11.8 Å². The molecule has 1 amide bonds. The van der Waals surface area contributed by atoms with Gasteiger partial charge < -0.3 is 9.84 Å². The molecule has 1 aliphatic rings. The van der Waals surface area contributed by atoms with E-state index in [0.29, 0.717) is 17.6 Å². The average molecular weight is 221 g/mol. The maximum atomic E-state index is 11.1. The maximum absolute atomic E-state index is 11.1. The fourth-order valence-electron chi connectivity index (χ4n) is 1.77. The van der Waals surface area contributed by atoms with Crippen LogP contribution in [-0.2, 0) is 17.6 Å². The Morgan fingerprint density at radius 3 is 3.25 bits per heavy atom. The number of nitrogens with one attached hydrogen (secondary N) is 1. The number of carbonyl (C=O) groups excluding carboxylic acids is 1. The predicted octanol–water partition coefficient (Wildman–Crippen LogP) is 0.867. The first-order valence-electron chi connectivity index (χ1n) is 5.46. The van der Waals surface area contributed by atoms with Crippen molar-refractivity contribution in [3.05, 3.63) is 23.9 Å². The summed E-state index contributed by atoms with van der Waals surface area (Å²) in [6.45, 7) is 0. The van der Waals surface area contributed by atoms with Crippen molar-refractivity contribution in [3.63, 3.8) is 0 Å². The van der Waals surface area contributed by atoms with Gasteiger partial charge in [0.05, 0.1) is 6.42 Å². The Morgan fingerprint density at radius 1 is 1.69 bits per heavy atom. The average Bonchev–Trinajstić information content (AvgIpc) is 2.91. The van der Waals surface area contributed by atoms with Gasteiger partial charge in [0.15, 0.2) is 5.82 Å². The highest BCUT2D eigenvalue weighted by Gasteiger charge is 2.15. The first-order valence-corrected chi connectivity index (χ1v) is 5.46. The van der Waals surface area contributed by atoms with Crippen molar-refractivity contribution >= 4 is 5.91 Å². The molecular formula is C11H15N3O2. The molecule has 0 bridgehead atoms. The van der Waals surface area contributed by atoms with Crippen LogP contribution in [-0.4, -0.2) is 23.1 Å². The summed E-state index contributed by atoms with van der Waals surface area (Å²) in [5.74, 6) is 1.48. The third-order valence-corrected chi connectivity index (χ3v) is 2.66. The van der Waals surface area contributed by atoms with Crippen LogP contribution in [0.15, 0.2) is 16.7 Å². The normalized spacial score (nSPS) is 18.9. The summed E-state index contributed by atoms with van der Waals surface area (Å²) in [6.07, 6.45) is 7.59. The number of hydrogen-bond donors (Lipinski definition) is 1. The second-order valence-electron chi connectivity index (χ2n) is 3.92. The van der Waals surface area contributed by atoms with E-state index in [1.165, 1.54) is 0 Å². The zero-order valence-corrected chi connectivity index (χ0v) is 9.27. The van der Waals surface area contributed by atoms with E-state index < -0.39 is 0 Å². The summed E-state index contributed by atoms with van der Waals surface area (Å²) in [7, 11) is 1.59. The minimum absolute atomic E-state index is 0.104. The van der Waals surface area contributed by atoms with Gasteiger partial charge in [0.1, 0.15) is 0 Å². The number of amides is 1. The van der Waals surface area contributed by atoms with Gasteiger partial charge in [-0.1, -0.05) is 17.3 Å². The molecule has 0 aliphatic heterocycles. The molecule has 1 N–H and O–H groups in total. The summed E-state index contributed by atoms with van der Waals surface area (Å²) in [6, 6.07) is 0. The van der Waals surface area contributed by atoms with E-state index in [1.807, 2.05) is 0 Å². The number of hydrogen-bond acceptors (Lipinski definition) is 4. The summed E-state index contributed by atoms with van der Waals surface area (Å²) in [5, 5.41) is 6.30. The first-order chi connectivity index (χ1) is 7.78. The number of aromatic nitrogens is 2. The van der Waals surface area contributed by atoms with E-state index >= 15 is 0 Å². The molecule has 2 rings (SSSR count). The van der Waals surface area contributed by atoms with E-state index in [2.05, 4.69) is 27.6 Å². The molecule has 1 atom stereocenters. The van der Waals surface area contributed by atoms with Crippen molar-refractivity contribution in [1.29, 1.82) is 0 Å². The molecule has 0 radical (unpaired) electrons. The van der Waals surface area contributed by atoms with Gasteiger partial charge >= 0.3 is 0 Å². The van der Waals surface area contributed by atoms with Crippen LogP contribution >= 0.6 is 0 Å². The van der Waals surface area contributed by atoms with Crippen LogP contribution in [0.25, 0.3) is 0 Å². The van der Waals surface area contributed by atoms with Crippen molar-refractivity contribution < 1.29 is 9.32 Å². The molecule has 86 valence electrons. The highest BCUT2D eigenvalue weighted by atomic mass is 16.5. The Balaban J connectivity index is 1.91. The van der Waals surface area contributed by atoms with E-state index in [4.69, 9.17) is 4.52 Å². The lowest BCUT2D eigenvalue weighted by Crippen LogP contribution is -2.20. The molecule has 0 spiro atoms. The molecule has 16 heavy (non-hydrogen) atoms. The summed E-state index contributed by atoms with van der Waals surface area (Å²) in [4.78, 5) is 15.3. The molecule has 1 aromatic rings. The number of rotatable bonds is 4. The third kappa shape index (κ3) is 2.68. The van der Waals surface area contributed by atoms with Crippen LogP contribution in [0.1, 0.15) is 24.6 Å². The van der Waals surface area contributed by atoms with Gasteiger partial charge in [-0.05, 0) is 18.8 Å². The molecule has 5 nitrogen and oxygen atoms in total. The van der Waals surface area contributed by atoms with E-state index in [-0.39, 0.29) is 12.3 Å². The Morgan fingerprint density at radius 2 is 2.56 bits per heavy atom. The Labute approximate surface area is 93.9 Å². The second-order valence-corrected chi connectivity index (χ2v) is 3.92. The van der Waals surface area contributed by atoms with Gasteiger partial charge in [0, 0.05) is 13.5 Å². The quantitative estimate of drug-likeness (QED) is 0.766. The second kappa shape index (κ2) is 4.92. The fraction of sp³-hybridized carbons (Fsp3) is 0.545. The number of allylic oxidation sites excluding steroid dienone is 2. The molecule has 0 aromatic carbocycles. The van der Waals surface area contributed by atoms with Crippen LogP contribution in [0.4, 0.5) is 0 Å². The fourth-order valence-corrected chi connectivity index (χ4v) is 1.77. The highest BCUT2D eigenvalue weighted by Crippen LogP contribution is 2.20. The van der Waals surface area contributed by atoms with Crippen LogP contribution in [0.5, 0.6) is 0 Å². The molecule has 0 saturated heterocycles. The lowest BCUT2D eigenvalue weighted by atomic mass is 10.1. The van der Waals surface area contributed by atoms with Crippen molar-refractivity contribution in [2.24, 2.45) is 5.92 Å². The molecule has 0 unspecified atom stereocenters. The van der Waals surface area contributed by atoms with Gasteiger partial charge in [-0.2, -0.15) is 4.98 Å². The zero-order chi connectivity index (χ0) is 11.4. The van der Waals surface area contributed by atoms with Crippen molar-refractivity contribution in [1.82, 2.24) is 15.5 Å². The molecule has 0 saturated carbocycles. The summed E-state index contributed by atoms with van der Waals surface area (Å²) < 4.78 is 5.10. The molecule has 5 heteroatoms. The molecule has 1 aromatic heterocycles. The Kier molecular flexibility index (Phi) is 3.34. The Hall–Kier alpha value is -1.65. The number of nitrogens with zero attached hydrogens (tertiary/aromatic N) is 2. The van der Waals surface area contributed by atoms with E-state index in [9.17, 15) is 4.79 Å². The molecule has 1 heterocycles. The standard InChI is InChI=1S/C11H15N3O2/c1-12-10(15)7-9-13-11(16-14-9)6-8-4-2-3-5-8/h2,4,8H,3,5-7H2,1H3,(H,12,15)/t8-/m1/s1. The van der Waals surface area contributed by atoms with E-state index in [1.54, 1.807) is 7.05 Å². The van der Waals surface area contributed by atoms with E-state index in [0.717, 1.165) is 19.3 Å². The lowest BCUT2D eigenvalue weighted by molar-refractivity contribution is -0.120. The van der Waals surface area contributed by atoms with Gasteiger partial charge in [0.25, 0.3) is 0 Å². The van der Waals surface area contributed by atoms with Crippen LogP contribution in [0, 0.1) is 5.92 Å². The topological polar surface area (TPSA) is 68.0 Å². The zero-order valence-electron chi connectivity index (χ0n) is 9.27. The maximum Gasteiger partial charge on any atom is 0.227 e. The molecule has 0 fully saturated rings. The van der Waals surface area contributed by atoms with Crippen molar-refractivity contribution in [3.8, 4) is 0 Å². The van der Waals surface area contributed by atoms with Crippen LogP contribution in [0.3, 0.4) is 0 Å². The van der Waals surface area contributed by atoms with Crippen LogP contribution in [0.2, 0.25) is 0 Å². The van der Waals surface area contributed by atoms with Crippen molar-refractivity contribution in [2.45, 2.75) is 25.7 Å². The van der Waals surface area contributed by atoms with Crippen LogP contribution < -0.4 is 5.32 Å². The third-order valence-electron chi connectivity index (χ3n) is 2.66. The lowest BCUT2D eigenvalue weighted by Gasteiger charge is -2.00. The number of carbonyl (C=O) groups is 1. The Bertz CT molecular complexity index is 398. The summed E-state index contributed by atoms with van der Waals surface area (Å²) >= 11 is 0. The van der Waals surface area contributed by atoms with Gasteiger partial charge in [-0.15, -0.1) is 0 Å². The first kappa shape index (κ1) is 10.9. The smallest absolute Gasteiger partial charge is 0.227 e. The highest BCUT2D eigenvalue weighted by molar-refractivity contribution is 5.77. The van der Waals surface area contributed by atoms with Crippen molar-refractivity contribution in [2.75, 3.05) is 7.05 Å².